The van der Waals surface area contributed by atoms with Gasteiger partial charge in [-0.2, -0.15) is 0 Å². The van der Waals surface area contributed by atoms with E-state index in [0.717, 1.165) is 83.2 Å². The third kappa shape index (κ3) is 4.88. The summed E-state index contributed by atoms with van der Waals surface area (Å²) in [5.74, 6) is 0. The van der Waals surface area contributed by atoms with E-state index in [1.165, 1.54) is 27.5 Å². The summed E-state index contributed by atoms with van der Waals surface area (Å²) in [5.41, 5.74) is 14.5. The number of furan rings is 2. The monoisotopic (exact) mass is 742 g/mol. The molecule has 58 heavy (non-hydrogen) atoms. The van der Waals surface area contributed by atoms with Gasteiger partial charge in [0.15, 0.2) is 5.58 Å². The minimum Gasteiger partial charge on any atom is -0.456 e. The van der Waals surface area contributed by atoms with E-state index < -0.39 is 0 Å². The molecular formula is C54H34N2O2. The maximum atomic E-state index is 6.70. The number of nitrogens with zero attached hydrogens (tertiary/aromatic N) is 2. The highest BCUT2D eigenvalue weighted by atomic mass is 16.3. The van der Waals surface area contributed by atoms with Crippen LogP contribution in [0.15, 0.2) is 215 Å². The Bertz CT molecular complexity index is 3490. The van der Waals surface area contributed by atoms with E-state index in [0.29, 0.717) is 0 Å². The molecule has 0 bridgehead atoms. The molecular weight excluding hydrogens is 709 g/mol. The van der Waals surface area contributed by atoms with Gasteiger partial charge in [-0.3, -0.25) is 0 Å². The van der Waals surface area contributed by atoms with E-state index in [2.05, 4.69) is 198 Å². The molecule has 9 aromatic carbocycles. The Morgan fingerprint density at radius 1 is 0.397 bits per heavy atom. The number of fused-ring (bicyclic) bond motifs is 9. The molecule has 3 aromatic heterocycles. The topological polar surface area (TPSA) is 34.5 Å². The number of para-hydroxylation sites is 5. The maximum Gasteiger partial charge on any atom is 0.159 e. The van der Waals surface area contributed by atoms with E-state index in [4.69, 9.17) is 8.83 Å². The normalized spacial score (nSPS) is 11.8. The molecule has 0 saturated carbocycles. The zero-order valence-corrected chi connectivity index (χ0v) is 31.3. The van der Waals surface area contributed by atoms with Gasteiger partial charge >= 0.3 is 0 Å². The Balaban J connectivity index is 1.14. The third-order valence-corrected chi connectivity index (χ3v) is 11.6. The Kier molecular flexibility index (Phi) is 7.20. The largest absolute Gasteiger partial charge is 0.456 e. The summed E-state index contributed by atoms with van der Waals surface area (Å²) in [5, 5.41) is 6.83. The first-order valence-corrected chi connectivity index (χ1v) is 19.7. The van der Waals surface area contributed by atoms with Crippen LogP contribution >= 0.6 is 0 Å². The molecule has 0 aliphatic heterocycles. The Labute approximate surface area is 334 Å². The van der Waals surface area contributed by atoms with Gasteiger partial charge in [-0.1, -0.05) is 146 Å². The fourth-order valence-electron chi connectivity index (χ4n) is 9.10. The van der Waals surface area contributed by atoms with Crippen molar-refractivity contribution in [1.82, 2.24) is 4.57 Å². The summed E-state index contributed by atoms with van der Waals surface area (Å²) < 4.78 is 15.7. The van der Waals surface area contributed by atoms with Crippen molar-refractivity contribution < 1.29 is 8.83 Å². The third-order valence-electron chi connectivity index (χ3n) is 11.6. The van der Waals surface area contributed by atoms with Crippen LogP contribution in [-0.2, 0) is 0 Å². The van der Waals surface area contributed by atoms with Crippen molar-refractivity contribution in [3.63, 3.8) is 0 Å². The lowest BCUT2D eigenvalue weighted by Crippen LogP contribution is -2.10. The van der Waals surface area contributed by atoms with Gasteiger partial charge in [0.25, 0.3) is 0 Å². The van der Waals surface area contributed by atoms with Gasteiger partial charge < -0.3 is 18.3 Å². The summed E-state index contributed by atoms with van der Waals surface area (Å²) in [6, 6.07) is 73.0. The lowest BCUT2D eigenvalue weighted by atomic mass is 9.93. The van der Waals surface area contributed by atoms with Crippen LogP contribution in [0.25, 0.3) is 93.6 Å². The van der Waals surface area contributed by atoms with Gasteiger partial charge in [0.1, 0.15) is 16.7 Å². The second-order valence-electron chi connectivity index (χ2n) is 14.8. The smallest absolute Gasteiger partial charge is 0.159 e. The molecule has 0 spiro atoms. The number of benzene rings is 9. The van der Waals surface area contributed by atoms with Crippen molar-refractivity contribution in [2.45, 2.75) is 0 Å². The highest BCUT2D eigenvalue weighted by molar-refractivity contribution is 6.28. The fraction of sp³-hybridized carbons (Fsp3) is 0. The molecule has 4 heteroatoms. The van der Waals surface area contributed by atoms with Gasteiger partial charge in [-0.15, -0.1) is 0 Å². The molecule has 272 valence electrons. The van der Waals surface area contributed by atoms with Crippen molar-refractivity contribution in [2.75, 3.05) is 4.90 Å². The van der Waals surface area contributed by atoms with Crippen LogP contribution in [0.2, 0.25) is 0 Å². The number of hydrogen-bond acceptors (Lipinski definition) is 3. The number of anilines is 3. The van der Waals surface area contributed by atoms with Crippen LogP contribution in [0, 0.1) is 0 Å². The molecule has 3 heterocycles. The highest BCUT2D eigenvalue weighted by Crippen LogP contribution is 2.48. The lowest BCUT2D eigenvalue weighted by Gasteiger charge is -2.25. The first kappa shape index (κ1) is 32.4. The van der Waals surface area contributed by atoms with E-state index in [-0.39, 0.29) is 0 Å². The summed E-state index contributed by atoms with van der Waals surface area (Å²) in [6.45, 7) is 0. The van der Waals surface area contributed by atoms with Crippen molar-refractivity contribution in [3.8, 4) is 27.9 Å². The molecule has 0 unspecified atom stereocenters. The number of rotatable bonds is 6. The lowest BCUT2D eigenvalue weighted by molar-refractivity contribution is 0.669. The summed E-state index contributed by atoms with van der Waals surface area (Å²) in [6.07, 6.45) is 0. The Hall–Kier alpha value is -7.82. The first-order valence-electron chi connectivity index (χ1n) is 19.7. The number of aromatic nitrogens is 1. The van der Waals surface area contributed by atoms with Crippen molar-refractivity contribution in [1.29, 1.82) is 0 Å². The average molecular weight is 743 g/mol. The summed E-state index contributed by atoms with van der Waals surface area (Å²) in [4.78, 5) is 2.29. The number of hydrogen-bond donors (Lipinski definition) is 0. The molecule has 0 radical (unpaired) electrons. The Morgan fingerprint density at radius 3 is 1.74 bits per heavy atom. The summed E-state index contributed by atoms with van der Waals surface area (Å²) >= 11 is 0. The van der Waals surface area contributed by atoms with Gasteiger partial charge in [-0.05, 0) is 65.7 Å². The van der Waals surface area contributed by atoms with E-state index in [1.807, 2.05) is 18.2 Å². The highest BCUT2D eigenvalue weighted by Gasteiger charge is 2.25. The standard InChI is InChI=1S/C54H34N2O2/c1-4-16-35(17-5-1)40-24-14-26-44-51-46(34-49-52(43-23-11-13-29-48(43)57-49)50(51)36-18-6-2-7-19-36)56(53(40)44)39-32-30-38(31-33-39)55(37-20-8-3-9-21-37)45-27-15-25-42-41-22-10-12-28-47(41)58-54(42)45/h1-34H. The molecule has 4 nitrogen and oxygen atoms in total. The van der Waals surface area contributed by atoms with Crippen LogP contribution in [0.3, 0.4) is 0 Å². The maximum absolute atomic E-state index is 6.70. The molecule has 0 fully saturated rings. The molecule has 0 N–H and O–H groups in total. The van der Waals surface area contributed by atoms with Gasteiger partial charge in [0, 0.05) is 66.6 Å². The van der Waals surface area contributed by atoms with Crippen molar-refractivity contribution in [3.05, 3.63) is 206 Å². The second kappa shape index (κ2) is 12.9. The van der Waals surface area contributed by atoms with Crippen LogP contribution in [-0.4, -0.2) is 4.57 Å². The molecule has 12 rings (SSSR count). The van der Waals surface area contributed by atoms with Crippen LogP contribution in [0.5, 0.6) is 0 Å². The molecule has 0 aliphatic carbocycles. The molecule has 0 saturated heterocycles. The van der Waals surface area contributed by atoms with Gasteiger partial charge in [0.2, 0.25) is 0 Å². The zero-order chi connectivity index (χ0) is 38.2. The predicted octanol–water partition coefficient (Wildman–Crippen LogP) is 15.4. The minimum absolute atomic E-state index is 0.856. The SMILES string of the molecule is c1ccc(-c2c3c(cc4c2c2cccc(-c5ccccc5)c2n4-c2ccc(N(c4ccccc4)c4cccc5c4oc4ccccc45)cc2)oc2ccccc23)cc1. The average Bonchev–Trinajstić information content (AvgIpc) is 3.97. The Morgan fingerprint density at radius 2 is 0.983 bits per heavy atom. The summed E-state index contributed by atoms with van der Waals surface area (Å²) in [7, 11) is 0. The van der Waals surface area contributed by atoms with E-state index >= 15 is 0 Å². The van der Waals surface area contributed by atoms with Crippen molar-refractivity contribution in [2.24, 2.45) is 0 Å². The molecule has 12 aromatic rings. The first-order chi connectivity index (χ1) is 28.8. The second-order valence-corrected chi connectivity index (χ2v) is 14.8. The van der Waals surface area contributed by atoms with E-state index in [9.17, 15) is 0 Å². The quantitative estimate of drug-likeness (QED) is 0.170. The van der Waals surface area contributed by atoms with Crippen LogP contribution < -0.4 is 4.90 Å². The van der Waals surface area contributed by atoms with Crippen LogP contribution in [0.1, 0.15) is 0 Å². The van der Waals surface area contributed by atoms with E-state index in [1.54, 1.807) is 0 Å². The van der Waals surface area contributed by atoms with Crippen LogP contribution in [0.4, 0.5) is 17.1 Å². The van der Waals surface area contributed by atoms with Gasteiger partial charge in [-0.25, -0.2) is 0 Å². The molecule has 0 amide bonds. The zero-order valence-electron chi connectivity index (χ0n) is 31.3. The van der Waals surface area contributed by atoms with Crippen molar-refractivity contribution >= 4 is 82.7 Å². The minimum atomic E-state index is 0.856. The fourth-order valence-corrected chi connectivity index (χ4v) is 9.10. The molecule has 0 atom stereocenters. The predicted molar refractivity (Wildman–Crippen MR) is 241 cm³/mol. The molecule has 0 aliphatic rings. The van der Waals surface area contributed by atoms with Gasteiger partial charge in [0.05, 0.1) is 16.7 Å².